The van der Waals surface area contributed by atoms with Gasteiger partial charge in [0.05, 0.1) is 17.2 Å². The van der Waals surface area contributed by atoms with Crippen LogP contribution in [-0.2, 0) is 20.9 Å². The standard InChI is InChI=1S/C21H24N2O4S2/c1-3-27-20(25)13-19-23(14-18(24)22-10-4-5-11-22)21(26)17(29-19)12-15-6-8-16(28-2)9-7-15/h6-9,12-13H,3-5,10-11,14H2,1-2H3/b17-12-,19-13-. The summed E-state index contributed by atoms with van der Waals surface area (Å²) in [6.45, 7) is 3.34. The minimum absolute atomic E-state index is 0.0696. The van der Waals surface area contributed by atoms with Crippen LogP contribution in [0.1, 0.15) is 25.3 Å². The highest BCUT2D eigenvalue weighted by molar-refractivity contribution is 7.98. The Bertz CT molecular complexity index is 1050. The summed E-state index contributed by atoms with van der Waals surface area (Å²) in [5, 5.41) is 0. The lowest BCUT2D eigenvalue weighted by molar-refractivity contribution is -0.135. The second-order valence-corrected chi connectivity index (χ2v) is 8.54. The number of amides is 1. The molecule has 6 nitrogen and oxygen atoms in total. The van der Waals surface area contributed by atoms with E-state index in [1.807, 2.05) is 30.5 Å². The van der Waals surface area contributed by atoms with Gasteiger partial charge in [-0.25, -0.2) is 4.79 Å². The predicted molar refractivity (Wildman–Crippen MR) is 117 cm³/mol. The summed E-state index contributed by atoms with van der Waals surface area (Å²) in [5.41, 5.74) is 0.619. The van der Waals surface area contributed by atoms with Gasteiger partial charge in [-0.15, -0.1) is 23.1 Å². The number of rotatable bonds is 6. The van der Waals surface area contributed by atoms with Gasteiger partial charge in [-0.1, -0.05) is 12.1 Å². The zero-order valence-corrected chi connectivity index (χ0v) is 18.2. The SMILES string of the molecule is CCOC(=O)/C=c1\s/c(=C\c2ccc(SC)cc2)c(=O)n1CC(=O)N1CCCC1. The van der Waals surface area contributed by atoms with Crippen LogP contribution in [0.4, 0.5) is 0 Å². The second-order valence-electron chi connectivity index (χ2n) is 6.60. The van der Waals surface area contributed by atoms with Crippen molar-refractivity contribution in [3.63, 3.8) is 0 Å². The molecule has 1 aliphatic rings. The van der Waals surface area contributed by atoms with E-state index in [1.54, 1.807) is 29.7 Å². The van der Waals surface area contributed by atoms with Crippen molar-refractivity contribution in [1.82, 2.24) is 9.47 Å². The molecule has 2 aromatic rings. The molecule has 0 bridgehead atoms. The Hall–Kier alpha value is -2.32. The van der Waals surface area contributed by atoms with E-state index in [9.17, 15) is 14.4 Å². The van der Waals surface area contributed by atoms with Crippen LogP contribution in [0.3, 0.4) is 0 Å². The predicted octanol–water partition coefficient (Wildman–Crippen LogP) is 1.43. The normalized spacial score (nSPS) is 15.2. The molecule has 0 atom stereocenters. The first kappa shape index (κ1) is 21.4. The van der Waals surface area contributed by atoms with Crippen LogP contribution in [-0.4, -0.2) is 47.3 Å². The Morgan fingerprint density at radius 1 is 1.21 bits per heavy atom. The molecule has 1 aromatic carbocycles. The zero-order chi connectivity index (χ0) is 20.8. The Morgan fingerprint density at radius 3 is 2.52 bits per heavy atom. The van der Waals surface area contributed by atoms with Crippen LogP contribution in [0.15, 0.2) is 34.0 Å². The van der Waals surface area contributed by atoms with Gasteiger partial charge in [0.2, 0.25) is 5.91 Å². The monoisotopic (exact) mass is 432 g/mol. The molecule has 1 saturated heterocycles. The minimum Gasteiger partial charge on any atom is -0.463 e. The molecule has 0 saturated carbocycles. The van der Waals surface area contributed by atoms with Crippen LogP contribution in [0, 0.1) is 0 Å². The number of esters is 1. The third kappa shape index (κ3) is 5.39. The van der Waals surface area contributed by atoms with Gasteiger partial charge in [0.1, 0.15) is 11.2 Å². The van der Waals surface area contributed by atoms with Gasteiger partial charge >= 0.3 is 5.97 Å². The number of hydrogen-bond acceptors (Lipinski definition) is 6. The fourth-order valence-corrected chi connectivity index (χ4v) is 4.57. The van der Waals surface area contributed by atoms with Crippen molar-refractivity contribution in [3.8, 4) is 0 Å². The number of ether oxygens (including phenoxy) is 1. The van der Waals surface area contributed by atoms with Crippen LogP contribution in [0.5, 0.6) is 0 Å². The van der Waals surface area contributed by atoms with E-state index < -0.39 is 5.97 Å². The Kier molecular flexibility index (Phi) is 7.33. The Balaban J connectivity index is 2.02. The third-order valence-corrected chi connectivity index (χ3v) is 6.43. The summed E-state index contributed by atoms with van der Waals surface area (Å²) in [6, 6.07) is 7.87. The molecular formula is C21H24N2O4S2. The largest absolute Gasteiger partial charge is 0.463 e. The first-order chi connectivity index (χ1) is 14.0. The van der Waals surface area contributed by atoms with Gasteiger partial charge in [-0.05, 0) is 49.8 Å². The van der Waals surface area contributed by atoms with Crippen LogP contribution in [0.2, 0.25) is 0 Å². The van der Waals surface area contributed by atoms with Crippen molar-refractivity contribution in [2.45, 2.75) is 31.2 Å². The Morgan fingerprint density at radius 2 is 1.90 bits per heavy atom. The summed E-state index contributed by atoms with van der Waals surface area (Å²) in [6.07, 6.45) is 7.05. The molecule has 3 rings (SSSR count). The maximum atomic E-state index is 13.0. The summed E-state index contributed by atoms with van der Waals surface area (Å²) >= 11 is 2.84. The van der Waals surface area contributed by atoms with E-state index >= 15 is 0 Å². The highest BCUT2D eigenvalue weighted by atomic mass is 32.2. The highest BCUT2D eigenvalue weighted by Gasteiger charge is 2.19. The van der Waals surface area contributed by atoms with Crippen molar-refractivity contribution >= 4 is 47.1 Å². The van der Waals surface area contributed by atoms with Crippen molar-refractivity contribution < 1.29 is 14.3 Å². The van der Waals surface area contributed by atoms with E-state index in [0.29, 0.717) is 9.20 Å². The number of nitrogens with zero attached hydrogens (tertiary/aromatic N) is 2. The van der Waals surface area contributed by atoms with E-state index in [2.05, 4.69) is 0 Å². The molecule has 29 heavy (non-hydrogen) atoms. The molecule has 1 fully saturated rings. The van der Waals surface area contributed by atoms with E-state index in [4.69, 9.17) is 4.74 Å². The van der Waals surface area contributed by atoms with Gasteiger partial charge < -0.3 is 9.64 Å². The molecule has 1 aliphatic heterocycles. The van der Waals surface area contributed by atoms with E-state index in [0.717, 1.165) is 36.4 Å². The van der Waals surface area contributed by atoms with Gasteiger partial charge in [-0.2, -0.15) is 0 Å². The van der Waals surface area contributed by atoms with Gasteiger partial charge in [0.25, 0.3) is 5.56 Å². The zero-order valence-electron chi connectivity index (χ0n) is 16.6. The van der Waals surface area contributed by atoms with Gasteiger partial charge in [0.15, 0.2) is 0 Å². The molecule has 0 aliphatic carbocycles. The van der Waals surface area contributed by atoms with Crippen molar-refractivity contribution in [1.29, 1.82) is 0 Å². The molecule has 2 heterocycles. The number of thiazole rings is 1. The minimum atomic E-state index is -0.521. The van der Waals surface area contributed by atoms with Crippen molar-refractivity contribution in [2.75, 3.05) is 26.0 Å². The number of hydrogen-bond donors (Lipinski definition) is 0. The number of carbonyl (C=O) groups is 2. The smallest absolute Gasteiger partial charge is 0.333 e. The summed E-state index contributed by atoms with van der Waals surface area (Å²) in [5.74, 6) is -0.622. The third-order valence-electron chi connectivity index (χ3n) is 4.63. The molecule has 0 unspecified atom stereocenters. The van der Waals surface area contributed by atoms with Gasteiger partial charge in [0, 0.05) is 18.0 Å². The lowest BCUT2D eigenvalue weighted by atomic mass is 10.2. The molecule has 8 heteroatoms. The molecule has 154 valence electrons. The van der Waals surface area contributed by atoms with Gasteiger partial charge in [-0.3, -0.25) is 14.2 Å². The first-order valence-electron chi connectivity index (χ1n) is 9.53. The number of likely N-dealkylation sites (tertiary alicyclic amines) is 1. The maximum absolute atomic E-state index is 13.0. The number of aromatic nitrogens is 1. The number of thioether (sulfide) groups is 1. The topological polar surface area (TPSA) is 68.6 Å². The van der Waals surface area contributed by atoms with Crippen molar-refractivity contribution in [2.24, 2.45) is 0 Å². The van der Waals surface area contributed by atoms with Crippen molar-refractivity contribution in [3.05, 3.63) is 49.4 Å². The lowest BCUT2D eigenvalue weighted by Crippen LogP contribution is -2.39. The molecule has 1 amide bonds. The van der Waals surface area contributed by atoms with E-state index in [1.165, 1.54) is 22.0 Å². The second kappa shape index (κ2) is 9.93. The Labute approximate surface area is 177 Å². The average Bonchev–Trinajstić information content (AvgIpc) is 3.34. The molecule has 0 radical (unpaired) electrons. The fraction of sp³-hybridized carbons (Fsp3) is 0.381. The number of carbonyl (C=O) groups excluding carboxylic acids is 2. The highest BCUT2D eigenvalue weighted by Crippen LogP contribution is 2.15. The molecule has 1 aromatic heterocycles. The molecule has 0 spiro atoms. The summed E-state index contributed by atoms with van der Waals surface area (Å²) in [7, 11) is 0. The van der Waals surface area contributed by atoms with Crippen LogP contribution >= 0.6 is 23.1 Å². The lowest BCUT2D eigenvalue weighted by Gasteiger charge is -2.15. The molecular weight excluding hydrogens is 408 g/mol. The quantitative estimate of drug-likeness (QED) is 0.510. The first-order valence-corrected chi connectivity index (χ1v) is 11.6. The summed E-state index contributed by atoms with van der Waals surface area (Å²) in [4.78, 5) is 40.5. The average molecular weight is 433 g/mol. The number of benzene rings is 1. The van der Waals surface area contributed by atoms with E-state index in [-0.39, 0.29) is 24.6 Å². The summed E-state index contributed by atoms with van der Waals surface area (Å²) < 4.78 is 7.27. The maximum Gasteiger partial charge on any atom is 0.333 e. The fourth-order valence-electron chi connectivity index (χ4n) is 3.13. The molecule has 0 N–H and O–H groups in total. The van der Waals surface area contributed by atoms with Crippen LogP contribution < -0.4 is 14.8 Å². The van der Waals surface area contributed by atoms with Crippen LogP contribution in [0.25, 0.3) is 12.2 Å².